The summed E-state index contributed by atoms with van der Waals surface area (Å²) in [7, 11) is 0. The summed E-state index contributed by atoms with van der Waals surface area (Å²) in [5.74, 6) is -2.85. The lowest BCUT2D eigenvalue weighted by Gasteiger charge is -2.43. The predicted octanol–water partition coefficient (Wildman–Crippen LogP) is 1.16. The van der Waals surface area contributed by atoms with Crippen molar-refractivity contribution in [2.45, 2.75) is 37.1 Å². The smallest absolute Gasteiger partial charge is 0.310 e. The largest absolute Gasteiger partial charge is 0.481 e. The molecule has 7 nitrogen and oxygen atoms in total. The van der Waals surface area contributed by atoms with Crippen LogP contribution in [0.25, 0.3) is 0 Å². The number of Topliss-reactive ketones (excluding diaryl/α,β-unsaturated/α-hetero) is 1. The van der Waals surface area contributed by atoms with Crippen molar-refractivity contribution in [2.24, 2.45) is 17.8 Å². The molecule has 130 valence electrons. The van der Waals surface area contributed by atoms with Crippen LogP contribution in [-0.4, -0.2) is 45.4 Å². The Balaban J connectivity index is 1.67. The number of carboxylic acids is 1. The van der Waals surface area contributed by atoms with Crippen LogP contribution in [0, 0.1) is 17.8 Å². The van der Waals surface area contributed by atoms with Crippen molar-refractivity contribution in [3.05, 3.63) is 36.3 Å². The Morgan fingerprint density at radius 2 is 2.20 bits per heavy atom. The number of ether oxygens (including phenoxy) is 1. The second kappa shape index (κ2) is 4.60. The first-order valence-electron chi connectivity index (χ1n) is 8.44. The fraction of sp³-hybridized carbons (Fsp3) is 0.500. The number of carbonyl (C=O) groups excluding carboxylic acids is 2. The van der Waals surface area contributed by atoms with E-state index in [2.05, 4.69) is 0 Å². The number of piperidine rings is 1. The molecular formula is C18H17NO6. The summed E-state index contributed by atoms with van der Waals surface area (Å²) >= 11 is 0. The molecule has 5 heterocycles. The van der Waals surface area contributed by atoms with Crippen LogP contribution in [0.1, 0.15) is 25.1 Å². The fourth-order valence-corrected chi connectivity index (χ4v) is 5.25. The molecule has 1 aromatic rings. The molecule has 3 fully saturated rings. The van der Waals surface area contributed by atoms with E-state index in [9.17, 15) is 19.5 Å². The van der Waals surface area contributed by atoms with Gasteiger partial charge in [0, 0.05) is 12.3 Å². The van der Waals surface area contributed by atoms with E-state index < -0.39 is 47.5 Å². The molecular weight excluding hydrogens is 326 g/mol. The van der Waals surface area contributed by atoms with Gasteiger partial charge in [-0.3, -0.25) is 14.4 Å². The van der Waals surface area contributed by atoms with Gasteiger partial charge < -0.3 is 19.2 Å². The van der Waals surface area contributed by atoms with Crippen LogP contribution in [0.5, 0.6) is 0 Å². The van der Waals surface area contributed by atoms with E-state index in [-0.39, 0.29) is 18.1 Å². The van der Waals surface area contributed by atoms with Crippen LogP contribution in [0.4, 0.5) is 0 Å². The number of rotatable bonds is 2. The number of hydrogen-bond acceptors (Lipinski definition) is 5. The quantitative estimate of drug-likeness (QED) is 0.810. The van der Waals surface area contributed by atoms with E-state index in [1.54, 1.807) is 36.1 Å². The number of aliphatic carboxylic acids is 1. The highest BCUT2D eigenvalue weighted by molar-refractivity contribution is 5.95. The zero-order valence-electron chi connectivity index (χ0n) is 13.5. The third kappa shape index (κ3) is 1.62. The van der Waals surface area contributed by atoms with Crippen molar-refractivity contribution in [1.29, 1.82) is 0 Å². The summed E-state index contributed by atoms with van der Waals surface area (Å²) in [6.45, 7) is 1.79. The Bertz CT molecular complexity index is 814. The van der Waals surface area contributed by atoms with E-state index >= 15 is 0 Å². The van der Waals surface area contributed by atoms with Crippen molar-refractivity contribution in [1.82, 2.24) is 4.90 Å². The lowest BCUT2D eigenvalue weighted by molar-refractivity contribution is -0.152. The van der Waals surface area contributed by atoms with Gasteiger partial charge in [-0.2, -0.15) is 0 Å². The van der Waals surface area contributed by atoms with Gasteiger partial charge in [-0.25, -0.2) is 0 Å². The normalized spacial score (nSPS) is 44.3. The maximum absolute atomic E-state index is 13.3. The molecule has 1 aromatic heterocycles. The summed E-state index contributed by atoms with van der Waals surface area (Å²) in [5, 5.41) is 9.63. The van der Waals surface area contributed by atoms with Crippen molar-refractivity contribution in [2.75, 3.05) is 0 Å². The van der Waals surface area contributed by atoms with Crippen LogP contribution in [0.15, 0.2) is 35.0 Å². The lowest BCUT2D eigenvalue weighted by atomic mass is 9.71. The summed E-state index contributed by atoms with van der Waals surface area (Å²) in [4.78, 5) is 39.3. The maximum atomic E-state index is 13.3. The van der Waals surface area contributed by atoms with E-state index in [1.807, 2.05) is 0 Å². The first kappa shape index (κ1) is 14.9. The first-order valence-corrected chi connectivity index (χ1v) is 8.44. The summed E-state index contributed by atoms with van der Waals surface area (Å²) in [5.41, 5.74) is -1.04. The van der Waals surface area contributed by atoms with E-state index in [4.69, 9.17) is 9.15 Å². The SMILES string of the molecule is C[C@H]1C(=O)C[C@@H](c2ccco2)N2C(=O)[C@@H]3[C@H](C(=O)O)[C@H]4C=C[C@@]3(O4)[C@H]12. The lowest BCUT2D eigenvalue weighted by Crippen LogP contribution is -2.55. The van der Waals surface area contributed by atoms with E-state index in [0.717, 1.165) is 0 Å². The molecule has 1 N–H and O–H groups in total. The predicted molar refractivity (Wildman–Crippen MR) is 82.2 cm³/mol. The number of amides is 1. The van der Waals surface area contributed by atoms with Crippen molar-refractivity contribution < 1.29 is 28.6 Å². The maximum Gasteiger partial charge on any atom is 0.310 e. The van der Waals surface area contributed by atoms with Gasteiger partial charge in [0.25, 0.3) is 0 Å². The fourth-order valence-electron chi connectivity index (χ4n) is 5.25. The monoisotopic (exact) mass is 343 g/mol. The Morgan fingerprint density at radius 1 is 1.40 bits per heavy atom. The third-order valence-electron chi connectivity index (χ3n) is 6.24. The number of fused-ring (bicyclic) bond motifs is 2. The Morgan fingerprint density at radius 3 is 2.88 bits per heavy atom. The second-order valence-corrected chi connectivity index (χ2v) is 7.32. The molecule has 5 rings (SSSR count). The third-order valence-corrected chi connectivity index (χ3v) is 6.24. The minimum atomic E-state index is -1.04. The Kier molecular flexibility index (Phi) is 2.74. The molecule has 0 radical (unpaired) electrons. The van der Waals surface area contributed by atoms with Gasteiger partial charge in [-0.1, -0.05) is 19.1 Å². The molecule has 7 atom stereocenters. The number of carbonyl (C=O) groups is 3. The van der Waals surface area contributed by atoms with Crippen molar-refractivity contribution in [3.63, 3.8) is 0 Å². The average molecular weight is 343 g/mol. The molecule has 0 saturated carbocycles. The molecule has 4 aliphatic heterocycles. The Hall–Kier alpha value is -2.41. The van der Waals surface area contributed by atoms with Gasteiger partial charge >= 0.3 is 5.97 Å². The van der Waals surface area contributed by atoms with Gasteiger partial charge in [-0.15, -0.1) is 0 Å². The van der Waals surface area contributed by atoms with Crippen LogP contribution >= 0.6 is 0 Å². The van der Waals surface area contributed by atoms with Gasteiger partial charge in [-0.05, 0) is 12.1 Å². The molecule has 2 bridgehead atoms. The van der Waals surface area contributed by atoms with Gasteiger partial charge in [0.05, 0.1) is 30.4 Å². The minimum Gasteiger partial charge on any atom is -0.481 e. The summed E-state index contributed by atoms with van der Waals surface area (Å²) in [6, 6.07) is 2.44. The number of hydrogen-bond donors (Lipinski definition) is 1. The first-order chi connectivity index (χ1) is 12.0. The summed E-state index contributed by atoms with van der Waals surface area (Å²) in [6.07, 6.45) is 4.59. The number of furan rings is 1. The van der Waals surface area contributed by atoms with Crippen LogP contribution < -0.4 is 0 Å². The average Bonchev–Trinajstić information content (AvgIpc) is 3.32. The molecule has 1 amide bonds. The zero-order valence-corrected chi connectivity index (χ0v) is 13.5. The van der Waals surface area contributed by atoms with Gasteiger partial charge in [0.15, 0.2) is 0 Å². The molecule has 25 heavy (non-hydrogen) atoms. The molecule has 0 unspecified atom stereocenters. The minimum absolute atomic E-state index is 0.0321. The van der Waals surface area contributed by atoms with E-state index in [1.165, 1.54) is 6.26 Å². The highest BCUT2D eigenvalue weighted by Gasteiger charge is 2.74. The van der Waals surface area contributed by atoms with Crippen molar-refractivity contribution in [3.8, 4) is 0 Å². The van der Waals surface area contributed by atoms with E-state index in [0.29, 0.717) is 5.76 Å². The van der Waals surface area contributed by atoms with Gasteiger partial charge in [0.2, 0.25) is 5.91 Å². The number of carboxylic acid groups (broad SMARTS) is 1. The van der Waals surface area contributed by atoms with Crippen molar-refractivity contribution >= 4 is 17.7 Å². The standard InChI is InChI=1S/C18H17NO6/c1-8-10(20)7-9(11-3-2-6-24-11)19-15(8)18-5-4-12(25-18)13(17(22)23)14(18)16(19)21/h2-6,8-9,12-15H,7H2,1H3,(H,22,23)/t8-,9-,12+,13+,14-,15-,18-/m0/s1. The highest BCUT2D eigenvalue weighted by atomic mass is 16.5. The highest BCUT2D eigenvalue weighted by Crippen LogP contribution is 2.59. The topological polar surface area (TPSA) is 97.1 Å². The zero-order chi connectivity index (χ0) is 17.5. The summed E-state index contributed by atoms with van der Waals surface area (Å²) < 4.78 is 11.5. The molecule has 7 heteroatoms. The molecule has 0 aliphatic carbocycles. The number of ketones is 1. The van der Waals surface area contributed by atoms with Crippen LogP contribution in [0.3, 0.4) is 0 Å². The number of nitrogens with zero attached hydrogens (tertiary/aromatic N) is 1. The second-order valence-electron chi connectivity index (χ2n) is 7.32. The van der Waals surface area contributed by atoms with Crippen LogP contribution in [-0.2, 0) is 19.1 Å². The van der Waals surface area contributed by atoms with Gasteiger partial charge in [0.1, 0.15) is 23.1 Å². The molecule has 3 saturated heterocycles. The molecule has 1 spiro atoms. The molecule has 0 aromatic carbocycles. The van der Waals surface area contributed by atoms with Crippen LogP contribution in [0.2, 0.25) is 0 Å². The Labute approximate surface area is 143 Å². The molecule has 4 aliphatic rings.